The molecule has 0 saturated heterocycles. The molecule has 3 heterocycles. The maximum Gasteiger partial charge on any atom is 0.239 e. The van der Waals surface area contributed by atoms with Crippen molar-refractivity contribution in [3.8, 4) is 0 Å². The summed E-state index contributed by atoms with van der Waals surface area (Å²) in [4.78, 5) is 22.9. The number of amides is 1. The van der Waals surface area contributed by atoms with E-state index < -0.39 is 18.3 Å². The van der Waals surface area contributed by atoms with Gasteiger partial charge in [-0.3, -0.25) is 14.8 Å². The van der Waals surface area contributed by atoms with Crippen LogP contribution in [0.1, 0.15) is 17.4 Å². The van der Waals surface area contributed by atoms with E-state index in [-0.39, 0.29) is 5.91 Å². The minimum atomic E-state index is -2.68. The Morgan fingerprint density at radius 2 is 1.75 bits per heavy atom. The predicted molar refractivity (Wildman–Crippen MR) is 144 cm³/mol. The third-order valence-electron chi connectivity index (χ3n) is 6.15. The maximum absolute atomic E-state index is 13.9. The lowest BCUT2D eigenvalue weighted by atomic mass is 10.1. The topological polar surface area (TPSA) is 107 Å². The van der Waals surface area contributed by atoms with Gasteiger partial charge in [0.05, 0.1) is 18.5 Å². The smallest absolute Gasteiger partial charge is 0.239 e. The van der Waals surface area contributed by atoms with Crippen molar-refractivity contribution in [3.05, 3.63) is 119 Å². The number of anilines is 1. The number of benzene rings is 2. The Hall–Kier alpha value is -3.74. The van der Waals surface area contributed by atoms with Gasteiger partial charge in [-0.25, -0.2) is 4.98 Å². The van der Waals surface area contributed by atoms with Crippen LogP contribution in [0.15, 0.2) is 107 Å². The van der Waals surface area contributed by atoms with E-state index >= 15 is 0 Å². The summed E-state index contributed by atoms with van der Waals surface area (Å²) >= 11 is 6.36. The van der Waals surface area contributed by atoms with Crippen molar-refractivity contribution in [1.29, 1.82) is 0 Å². The van der Waals surface area contributed by atoms with Crippen molar-refractivity contribution in [1.82, 2.24) is 10.1 Å². The van der Waals surface area contributed by atoms with Crippen LogP contribution in [0, 0.1) is 0 Å². The van der Waals surface area contributed by atoms with Gasteiger partial charge < -0.3 is 4.42 Å². The molecule has 1 amide bonds. The minimum Gasteiger partial charge on any atom is -0.468 e. The number of nitrogens with one attached hydrogen (secondary N) is 1. The number of furan rings is 1. The molecule has 0 radical (unpaired) electrons. The summed E-state index contributed by atoms with van der Waals surface area (Å²) in [7, 11) is 0. The Morgan fingerprint density at radius 1 is 1.06 bits per heavy atom. The van der Waals surface area contributed by atoms with Gasteiger partial charge in [-0.15, -0.1) is 0 Å². The number of carbonyl (C=O) groups excluding carboxylic acids is 1. The molecule has 4 aromatic rings. The van der Waals surface area contributed by atoms with Crippen LogP contribution in [0.2, 0.25) is 0 Å². The van der Waals surface area contributed by atoms with E-state index in [0.717, 1.165) is 16.2 Å². The molecule has 5 rings (SSSR count). The fourth-order valence-electron chi connectivity index (χ4n) is 4.42. The lowest BCUT2D eigenvalue weighted by molar-refractivity contribution is -0.120. The average Bonchev–Trinajstić information content (AvgIpc) is 3.62. The molecule has 0 saturated carbocycles. The Labute approximate surface area is 213 Å². The number of nitrogens with zero attached hydrogens (tertiary/aromatic N) is 5. The Balaban J connectivity index is 1.60. The van der Waals surface area contributed by atoms with Gasteiger partial charge in [0, 0.05) is 28.3 Å². The molecule has 1 N–H and O–H groups in total. The molecule has 2 atom stereocenters. The maximum atomic E-state index is 13.9. The average molecular weight is 515 g/mol. The second-order valence-corrected chi connectivity index (χ2v) is 12.4. The van der Waals surface area contributed by atoms with Crippen molar-refractivity contribution in [3.63, 3.8) is 0 Å². The number of aromatic nitrogens is 1. The predicted octanol–water partition coefficient (Wildman–Crippen LogP) is 4.62. The lowest BCUT2D eigenvalue weighted by Gasteiger charge is -2.32. The summed E-state index contributed by atoms with van der Waals surface area (Å²) in [5, 5.41) is 9.40. The number of pyridine rings is 1. The molecule has 0 aliphatic carbocycles. The number of azide groups is 1. The van der Waals surface area contributed by atoms with Crippen LogP contribution in [0.4, 0.5) is 5.82 Å². The van der Waals surface area contributed by atoms with Gasteiger partial charge in [0.15, 0.2) is 0 Å². The molecule has 2 aromatic heterocycles. The van der Waals surface area contributed by atoms with E-state index in [0.29, 0.717) is 24.5 Å². The summed E-state index contributed by atoms with van der Waals surface area (Å²) < 4.78 is 5.76. The van der Waals surface area contributed by atoms with Gasteiger partial charge in [0.25, 0.3) is 0 Å². The van der Waals surface area contributed by atoms with Crippen molar-refractivity contribution < 1.29 is 9.21 Å². The third-order valence-corrected chi connectivity index (χ3v) is 10.4. The number of hydrogen-bond donors (Lipinski definition) is 1. The molecule has 0 spiro atoms. The highest BCUT2D eigenvalue weighted by Gasteiger charge is 2.40. The molecule has 2 unspecified atom stereocenters. The highest BCUT2D eigenvalue weighted by molar-refractivity contribution is 8.20. The number of fused-ring (bicyclic) bond motifs is 1. The highest BCUT2D eigenvalue weighted by atomic mass is 32.4. The van der Waals surface area contributed by atoms with E-state index in [1.165, 1.54) is 6.26 Å². The third kappa shape index (κ3) is 4.57. The molecule has 0 fully saturated rings. The van der Waals surface area contributed by atoms with E-state index in [1.807, 2.05) is 72.8 Å². The minimum absolute atomic E-state index is 0.359. The molecule has 180 valence electrons. The van der Waals surface area contributed by atoms with Gasteiger partial charge in [-0.1, -0.05) is 83.7 Å². The first-order chi connectivity index (χ1) is 17.6. The van der Waals surface area contributed by atoms with Crippen molar-refractivity contribution in [2.24, 2.45) is 5.11 Å². The zero-order valence-corrected chi connectivity index (χ0v) is 20.9. The van der Waals surface area contributed by atoms with Crippen LogP contribution in [-0.2, 0) is 23.0 Å². The standard InChI is InChI=1S/C26H23N6O2PS/c27-31-29-24(26(33)32-17-15-19-9-7-16-28-25(19)32)23(22-14-8-18-34-22)30-35(36,20-10-3-1-4-11-20)21-12-5-2-6-13-21/h1-14,16,18,23-24H,15,17H2,(H,30,36). The summed E-state index contributed by atoms with van der Waals surface area (Å²) in [6, 6.07) is 24.9. The first-order valence-corrected chi connectivity index (χ1v) is 14.2. The van der Waals surface area contributed by atoms with Crippen LogP contribution in [-0.4, -0.2) is 23.5 Å². The summed E-state index contributed by atoms with van der Waals surface area (Å²) in [5.74, 6) is 0.688. The molecular weight excluding hydrogens is 491 g/mol. The molecule has 36 heavy (non-hydrogen) atoms. The van der Waals surface area contributed by atoms with E-state index in [9.17, 15) is 10.3 Å². The lowest BCUT2D eigenvalue weighted by Crippen LogP contribution is -2.45. The molecule has 1 aliphatic rings. The number of rotatable bonds is 8. The Kier molecular flexibility index (Phi) is 6.98. The molecule has 10 heteroatoms. The fraction of sp³-hybridized carbons (Fsp3) is 0.154. The van der Waals surface area contributed by atoms with E-state index in [1.54, 1.807) is 23.2 Å². The highest BCUT2D eigenvalue weighted by Crippen LogP contribution is 2.44. The fourth-order valence-corrected chi connectivity index (χ4v) is 7.93. The van der Waals surface area contributed by atoms with Gasteiger partial charge >= 0.3 is 0 Å². The normalized spacial score (nSPS) is 14.5. The SMILES string of the molecule is [N-]=[N+]=NC(C(=O)N1CCc2cccnc21)C(NP(=S)(c1ccccc1)c1ccccc1)c1ccco1. The first-order valence-electron chi connectivity index (χ1n) is 11.4. The zero-order valence-electron chi connectivity index (χ0n) is 19.2. The number of carbonyl (C=O) groups is 1. The summed E-state index contributed by atoms with van der Waals surface area (Å²) in [5.41, 5.74) is 10.5. The zero-order chi connectivity index (χ0) is 25.0. The van der Waals surface area contributed by atoms with Crippen LogP contribution in [0.5, 0.6) is 0 Å². The monoisotopic (exact) mass is 514 g/mol. The Bertz CT molecular complexity index is 1400. The van der Waals surface area contributed by atoms with Gasteiger partial charge in [-0.2, -0.15) is 0 Å². The second-order valence-electron chi connectivity index (χ2n) is 8.28. The summed E-state index contributed by atoms with van der Waals surface area (Å²) in [6.07, 6.45) is 1.18. The molecular formula is C26H23N6O2PS. The first kappa shape index (κ1) is 24.0. The summed E-state index contributed by atoms with van der Waals surface area (Å²) in [6.45, 7) is 0.457. The van der Waals surface area contributed by atoms with E-state index in [4.69, 9.17) is 16.2 Å². The quantitative estimate of drug-likeness (QED) is 0.160. The molecule has 0 bridgehead atoms. The van der Waals surface area contributed by atoms with Crippen LogP contribution in [0.3, 0.4) is 0 Å². The van der Waals surface area contributed by atoms with Gasteiger partial charge in [-0.05, 0) is 35.7 Å². The van der Waals surface area contributed by atoms with Gasteiger partial charge in [0.1, 0.15) is 17.6 Å². The number of hydrogen-bond acceptors (Lipinski definition) is 5. The van der Waals surface area contributed by atoms with Crippen LogP contribution in [0.25, 0.3) is 10.4 Å². The molecule has 1 aliphatic heterocycles. The van der Waals surface area contributed by atoms with Crippen molar-refractivity contribution in [2.45, 2.75) is 18.5 Å². The van der Waals surface area contributed by atoms with E-state index in [2.05, 4.69) is 20.1 Å². The Morgan fingerprint density at radius 3 is 2.36 bits per heavy atom. The van der Waals surface area contributed by atoms with Crippen LogP contribution >= 0.6 is 6.19 Å². The molecule has 8 nitrogen and oxygen atoms in total. The van der Waals surface area contributed by atoms with Crippen molar-refractivity contribution >= 4 is 40.3 Å². The van der Waals surface area contributed by atoms with Crippen LogP contribution < -0.4 is 20.6 Å². The second kappa shape index (κ2) is 10.5. The van der Waals surface area contributed by atoms with Gasteiger partial charge in [0.2, 0.25) is 5.91 Å². The van der Waals surface area contributed by atoms with Crippen molar-refractivity contribution in [2.75, 3.05) is 11.4 Å². The molecule has 2 aromatic carbocycles. The largest absolute Gasteiger partial charge is 0.468 e.